The monoisotopic (exact) mass is 294 g/mol. The molecule has 6 nitrogen and oxygen atoms in total. The van der Waals surface area contributed by atoms with Crippen LogP contribution >= 0.6 is 0 Å². The topological polar surface area (TPSA) is 74.0 Å². The third kappa shape index (κ3) is 2.90. The largest absolute Gasteiger partial charge is 0.493 e. The van der Waals surface area contributed by atoms with Crippen LogP contribution in [-0.4, -0.2) is 50.8 Å². The van der Waals surface area contributed by atoms with Gasteiger partial charge >= 0.3 is 0 Å². The molecule has 2 N–H and O–H groups in total. The van der Waals surface area contributed by atoms with Crippen LogP contribution in [0.1, 0.15) is 23.7 Å². The fourth-order valence-electron chi connectivity index (χ4n) is 2.65. The minimum absolute atomic E-state index is 0.0281. The Hall–Kier alpha value is -1.95. The van der Waals surface area contributed by atoms with Crippen molar-refractivity contribution in [2.24, 2.45) is 0 Å². The average molecular weight is 294 g/mol. The van der Waals surface area contributed by atoms with Crippen molar-refractivity contribution in [1.82, 2.24) is 4.90 Å². The number of nitrogens with zero attached hydrogens (tertiary/aromatic N) is 1. The molecule has 2 rings (SSSR count). The van der Waals surface area contributed by atoms with Gasteiger partial charge in [-0.25, -0.2) is 0 Å². The summed E-state index contributed by atoms with van der Waals surface area (Å²) >= 11 is 0. The summed E-state index contributed by atoms with van der Waals surface area (Å²) in [6, 6.07) is 3.28. The first-order valence-electron chi connectivity index (χ1n) is 6.89. The van der Waals surface area contributed by atoms with E-state index in [0.29, 0.717) is 29.4 Å². The molecule has 2 atom stereocenters. The van der Waals surface area contributed by atoms with Gasteiger partial charge in [-0.05, 0) is 19.4 Å². The number of hydrogen-bond acceptors (Lipinski definition) is 5. The Morgan fingerprint density at radius 3 is 2.48 bits per heavy atom. The zero-order valence-electron chi connectivity index (χ0n) is 12.9. The lowest BCUT2D eigenvalue weighted by atomic mass is 10.1. The zero-order chi connectivity index (χ0) is 15.6. The van der Waals surface area contributed by atoms with Gasteiger partial charge in [0.25, 0.3) is 5.91 Å². The van der Waals surface area contributed by atoms with Gasteiger partial charge in [0.15, 0.2) is 11.5 Å². The van der Waals surface area contributed by atoms with Crippen LogP contribution in [0.5, 0.6) is 11.5 Å². The molecule has 1 aliphatic heterocycles. The molecule has 1 amide bonds. The maximum Gasteiger partial charge on any atom is 0.256 e. The normalized spacial score (nSPS) is 21.1. The molecule has 2 unspecified atom stereocenters. The Morgan fingerprint density at radius 2 is 1.95 bits per heavy atom. The van der Waals surface area contributed by atoms with E-state index in [9.17, 15) is 4.79 Å². The van der Waals surface area contributed by atoms with Crippen molar-refractivity contribution in [2.45, 2.75) is 25.5 Å². The summed E-state index contributed by atoms with van der Waals surface area (Å²) in [6.45, 7) is 2.64. The van der Waals surface area contributed by atoms with Gasteiger partial charge in [-0.15, -0.1) is 0 Å². The van der Waals surface area contributed by atoms with Crippen LogP contribution in [0.15, 0.2) is 12.1 Å². The first-order valence-corrected chi connectivity index (χ1v) is 6.89. The Bertz CT molecular complexity index is 533. The summed E-state index contributed by atoms with van der Waals surface area (Å²) in [5, 5.41) is 0. The first kappa shape index (κ1) is 15.4. The second-order valence-electron chi connectivity index (χ2n) is 5.14. The van der Waals surface area contributed by atoms with E-state index < -0.39 is 0 Å². The van der Waals surface area contributed by atoms with Crippen molar-refractivity contribution in [3.05, 3.63) is 17.7 Å². The molecular formula is C15H22N2O4. The lowest BCUT2D eigenvalue weighted by molar-refractivity contribution is 0.0575. The molecular weight excluding hydrogens is 272 g/mol. The van der Waals surface area contributed by atoms with E-state index in [-0.39, 0.29) is 18.1 Å². The highest BCUT2D eigenvalue weighted by molar-refractivity contribution is 6.00. The molecule has 116 valence electrons. The SMILES string of the molecule is COc1cc(N)c(C(=O)N(C)C2CCOC2C)cc1OC. The molecule has 1 saturated heterocycles. The molecule has 0 spiro atoms. The maximum absolute atomic E-state index is 12.7. The average Bonchev–Trinajstić information content (AvgIpc) is 2.91. The van der Waals surface area contributed by atoms with Crippen LogP contribution < -0.4 is 15.2 Å². The van der Waals surface area contributed by atoms with Crippen LogP contribution in [-0.2, 0) is 4.74 Å². The number of amides is 1. The minimum atomic E-state index is -0.143. The van der Waals surface area contributed by atoms with Crippen molar-refractivity contribution in [3.8, 4) is 11.5 Å². The summed E-state index contributed by atoms with van der Waals surface area (Å²) in [6.07, 6.45) is 0.858. The molecule has 0 bridgehead atoms. The van der Waals surface area contributed by atoms with Gasteiger partial charge in [0.2, 0.25) is 0 Å². The highest BCUT2D eigenvalue weighted by Gasteiger charge is 2.32. The third-order valence-electron chi connectivity index (χ3n) is 3.94. The number of rotatable bonds is 4. The van der Waals surface area contributed by atoms with Crippen LogP contribution in [0.3, 0.4) is 0 Å². The third-order valence-corrected chi connectivity index (χ3v) is 3.94. The van der Waals surface area contributed by atoms with Gasteiger partial charge in [-0.2, -0.15) is 0 Å². The van der Waals surface area contributed by atoms with E-state index in [1.165, 1.54) is 14.2 Å². The predicted molar refractivity (Wildman–Crippen MR) is 79.9 cm³/mol. The number of ether oxygens (including phenoxy) is 3. The molecule has 21 heavy (non-hydrogen) atoms. The molecule has 1 heterocycles. The van der Waals surface area contributed by atoms with Gasteiger partial charge in [-0.3, -0.25) is 4.79 Å². The van der Waals surface area contributed by atoms with E-state index >= 15 is 0 Å². The van der Waals surface area contributed by atoms with Crippen LogP contribution in [0.25, 0.3) is 0 Å². The van der Waals surface area contributed by atoms with Gasteiger partial charge in [0, 0.05) is 25.4 Å². The molecule has 1 fully saturated rings. The minimum Gasteiger partial charge on any atom is -0.493 e. The van der Waals surface area contributed by atoms with Crippen molar-refractivity contribution >= 4 is 11.6 Å². The van der Waals surface area contributed by atoms with Crippen LogP contribution in [0.2, 0.25) is 0 Å². The first-order chi connectivity index (χ1) is 9.99. The van der Waals surface area contributed by atoms with Crippen molar-refractivity contribution in [2.75, 3.05) is 33.6 Å². The molecule has 0 aromatic heterocycles. The number of benzene rings is 1. The molecule has 0 aliphatic carbocycles. The number of nitrogens with two attached hydrogens (primary N) is 1. The Balaban J connectivity index is 2.30. The fourth-order valence-corrected chi connectivity index (χ4v) is 2.65. The highest BCUT2D eigenvalue weighted by Crippen LogP contribution is 2.33. The van der Waals surface area contributed by atoms with E-state index in [0.717, 1.165) is 6.42 Å². The summed E-state index contributed by atoms with van der Waals surface area (Å²) in [5.74, 6) is 0.849. The van der Waals surface area contributed by atoms with Crippen LogP contribution in [0.4, 0.5) is 5.69 Å². The van der Waals surface area contributed by atoms with Gasteiger partial charge in [0.05, 0.1) is 31.9 Å². The second-order valence-corrected chi connectivity index (χ2v) is 5.14. The Kier molecular flexibility index (Phi) is 4.57. The van der Waals surface area contributed by atoms with E-state index in [2.05, 4.69) is 0 Å². The standard InChI is InChI=1S/C15H22N2O4/c1-9-12(5-6-21-9)17(2)15(18)10-7-13(19-3)14(20-4)8-11(10)16/h7-9,12H,5-6,16H2,1-4H3. The van der Waals surface area contributed by atoms with E-state index in [4.69, 9.17) is 19.9 Å². The molecule has 0 radical (unpaired) electrons. The molecule has 0 saturated carbocycles. The number of methoxy groups -OCH3 is 2. The highest BCUT2D eigenvalue weighted by atomic mass is 16.5. The molecule has 1 aromatic rings. The number of anilines is 1. The maximum atomic E-state index is 12.7. The zero-order valence-corrected chi connectivity index (χ0v) is 12.9. The second kappa shape index (κ2) is 6.22. The van der Waals surface area contributed by atoms with E-state index in [1.54, 1.807) is 24.1 Å². The van der Waals surface area contributed by atoms with Gasteiger partial charge in [0.1, 0.15) is 0 Å². The number of carbonyl (C=O) groups excluding carboxylic acids is 1. The lowest BCUT2D eigenvalue weighted by Gasteiger charge is -2.27. The Labute approximate surface area is 124 Å². The quantitative estimate of drug-likeness (QED) is 0.853. The number of carbonyl (C=O) groups is 1. The molecule has 1 aliphatic rings. The summed E-state index contributed by atoms with van der Waals surface area (Å²) in [4.78, 5) is 14.3. The number of likely N-dealkylation sites (N-methyl/N-ethyl adjacent to an activating group) is 1. The molecule has 1 aromatic carbocycles. The predicted octanol–water partition coefficient (Wildman–Crippen LogP) is 1.54. The van der Waals surface area contributed by atoms with Crippen molar-refractivity contribution < 1.29 is 19.0 Å². The summed E-state index contributed by atoms with van der Waals surface area (Å²) < 4.78 is 15.9. The smallest absolute Gasteiger partial charge is 0.256 e. The Morgan fingerprint density at radius 1 is 1.33 bits per heavy atom. The van der Waals surface area contributed by atoms with Crippen molar-refractivity contribution in [3.63, 3.8) is 0 Å². The summed E-state index contributed by atoms with van der Waals surface area (Å²) in [5.41, 5.74) is 6.76. The fraction of sp³-hybridized carbons (Fsp3) is 0.533. The molecule has 6 heteroatoms. The number of nitrogen functional groups attached to an aromatic ring is 1. The summed E-state index contributed by atoms with van der Waals surface area (Å²) in [7, 11) is 4.83. The number of hydrogen-bond donors (Lipinski definition) is 1. The van der Waals surface area contributed by atoms with Gasteiger partial charge < -0.3 is 24.8 Å². The van der Waals surface area contributed by atoms with Crippen molar-refractivity contribution in [1.29, 1.82) is 0 Å². The van der Waals surface area contributed by atoms with E-state index in [1.807, 2.05) is 6.92 Å². The van der Waals surface area contributed by atoms with Crippen LogP contribution in [0, 0.1) is 0 Å². The lowest BCUT2D eigenvalue weighted by Crippen LogP contribution is -2.41. The van der Waals surface area contributed by atoms with Gasteiger partial charge in [-0.1, -0.05) is 0 Å².